The van der Waals surface area contributed by atoms with Gasteiger partial charge in [0.1, 0.15) is 6.54 Å². The highest BCUT2D eigenvalue weighted by Crippen LogP contribution is 2.32. The Balaban J connectivity index is 1.80. The van der Waals surface area contributed by atoms with E-state index < -0.39 is 5.97 Å². The molecule has 21 heavy (non-hydrogen) atoms. The summed E-state index contributed by atoms with van der Waals surface area (Å²) in [5, 5.41) is 9.00. The fraction of sp³-hybridized carbons (Fsp3) is 0.625. The number of carboxylic acids is 1. The number of nitrogens with zero attached hydrogens (tertiary/aromatic N) is 1. The van der Waals surface area contributed by atoms with Crippen molar-refractivity contribution < 1.29 is 14.7 Å². The number of carbonyl (C=O) groups excluding carboxylic acids is 1. The highest BCUT2D eigenvalue weighted by molar-refractivity contribution is 7.14. The van der Waals surface area contributed by atoms with Crippen LogP contribution in [-0.4, -0.2) is 34.5 Å². The molecule has 5 heteroatoms. The lowest BCUT2D eigenvalue weighted by Gasteiger charge is -2.19. The predicted octanol–water partition coefficient (Wildman–Crippen LogP) is 3.10. The highest BCUT2D eigenvalue weighted by atomic mass is 32.1. The molecule has 1 N–H and O–H groups in total. The first-order chi connectivity index (χ1) is 10.1. The van der Waals surface area contributed by atoms with Gasteiger partial charge in [-0.15, -0.1) is 11.3 Å². The van der Waals surface area contributed by atoms with E-state index in [0.717, 1.165) is 30.6 Å². The Morgan fingerprint density at radius 1 is 1.19 bits per heavy atom. The van der Waals surface area contributed by atoms with Crippen molar-refractivity contribution in [2.45, 2.75) is 57.4 Å². The third kappa shape index (κ3) is 3.46. The van der Waals surface area contributed by atoms with Crippen LogP contribution in [0.15, 0.2) is 6.07 Å². The highest BCUT2D eigenvalue weighted by Gasteiger charge is 2.35. The normalized spacial score (nSPS) is 18.5. The molecule has 1 fully saturated rings. The maximum Gasteiger partial charge on any atom is 0.323 e. The summed E-state index contributed by atoms with van der Waals surface area (Å²) in [6.45, 7) is -0.175. The molecule has 0 aliphatic heterocycles. The minimum absolute atomic E-state index is 0.0864. The van der Waals surface area contributed by atoms with Crippen molar-refractivity contribution >= 4 is 23.2 Å². The molecular weight excluding hydrogens is 286 g/mol. The molecule has 0 saturated heterocycles. The van der Waals surface area contributed by atoms with Crippen molar-refractivity contribution in [2.24, 2.45) is 0 Å². The van der Waals surface area contributed by atoms with E-state index in [9.17, 15) is 9.59 Å². The lowest BCUT2D eigenvalue weighted by atomic mass is 10.00. The first kappa shape index (κ1) is 14.6. The standard InChI is InChI=1S/C16H21NO3S/c18-15(19)10-17(12-7-8-12)16(20)14-9-11-5-3-1-2-4-6-13(11)21-14/h9,12H,1-8,10H2,(H,18,19). The molecule has 4 nitrogen and oxygen atoms in total. The van der Waals surface area contributed by atoms with Gasteiger partial charge < -0.3 is 10.0 Å². The van der Waals surface area contributed by atoms with Gasteiger partial charge in [-0.3, -0.25) is 9.59 Å². The molecule has 3 rings (SSSR count). The predicted molar refractivity (Wildman–Crippen MR) is 81.9 cm³/mol. The Morgan fingerprint density at radius 2 is 1.90 bits per heavy atom. The summed E-state index contributed by atoms with van der Waals surface area (Å²) in [5.41, 5.74) is 1.31. The molecule has 1 aromatic rings. The van der Waals surface area contributed by atoms with Crippen molar-refractivity contribution in [1.82, 2.24) is 4.90 Å². The van der Waals surface area contributed by atoms with E-state index in [-0.39, 0.29) is 18.5 Å². The number of fused-ring (bicyclic) bond motifs is 1. The minimum Gasteiger partial charge on any atom is -0.480 e. The number of thiophene rings is 1. The van der Waals surface area contributed by atoms with E-state index >= 15 is 0 Å². The molecular formula is C16H21NO3S. The summed E-state index contributed by atoms with van der Waals surface area (Å²) in [7, 11) is 0. The van der Waals surface area contributed by atoms with E-state index in [2.05, 4.69) is 0 Å². The molecule has 1 heterocycles. The first-order valence-corrected chi connectivity index (χ1v) is 8.61. The van der Waals surface area contributed by atoms with Gasteiger partial charge in [0.25, 0.3) is 5.91 Å². The molecule has 0 aromatic carbocycles. The quantitative estimate of drug-likeness (QED) is 0.930. The minimum atomic E-state index is -0.926. The Bertz CT molecular complexity index is 522. The van der Waals surface area contributed by atoms with Gasteiger partial charge >= 0.3 is 5.97 Å². The van der Waals surface area contributed by atoms with Crippen LogP contribution in [-0.2, 0) is 17.6 Å². The molecule has 0 bridgehead atoms. The van der Waals surface area contributed by atoms with Crippen molar-refractivity contribution in [1.29, 1.82) is 0 Å². The number of hydrogen-bond donors (Lipinski definition) is 1. The number of amides is 1. The SMILES string of the molecule is O=C(O)CN(C(=O)c1cc2c(s1)CCCCCC2)C1CC1. The number of aliphatic carboxylic acids is 1. The van der Waals surface area contributed by atoms with Gasteiger partial charge in [0.15, 0.2) is 0 Å². The van der Waals surface area contributed by atoms with Gasteiger partial charge in [-0.25, -0.2) is 0 Å². The molecule has 2 aliphatic carbocycles. The Hall–Kier alpha value is -1.36. The molecule has 1 aromatic heterocycles. The van der Waals surface area contributed by atoms with Crippen LogP contribution in [0.2, 0.25) is 0 Å². The molecule has 1 amide bonds. The van der Waals surface area contributed by atoms with Crippen molar-refractivity contribution in [3.05, 3.63) is 21.4 Å². The van der Waals surface area contributed by atoms with Crippen LogP contribution in [0.25, 0.3) is 0 Å². The molecule has 0 radical (unpaired) electrons. The van der Waals surface area contributed by atoms with Crippen LogP contribution in [0.5, 0.6) is 0 Å². The van der Waals surface area contributed by atoms with Crippen molar-refractivity contribution in [2.75, 3.05) is 6.54 Å². The first-order valence-electron chi connectivity index (χ1n) is 7.79. The van der Waals surface area contributed by atoms with Crippen LogP contribution in [0.4, 0.5) is 0 Å². The van der Waals surface area contributed by atoms with Gasteiger partial charge in [-0.2, -0.15) is 0 Å². The van der Waals surface area contributed by atoms with Gasteiger partial charge in [-0.1, -0.05) is 12.8 Å². The third-order valence-corrected chi connectivity index (χ3v) is 5.49. The lowest BCUT2D eigenvalue weighted by molar-refractivity contribution is -0.137. The summed E-state index contributed by atoms with van der Waals surface area (Å²) >= 11 is 1.58. The lowest BCUT2D eigenvalue weighted by Crippen LogP contribution is -2.37. The van der Waals surface area contributed by atoms with Crippen LogP contribution in [0.1, 0.15) is 58.6 Å². The van der Waals surface area contributed by atoms with Crippen LogP contribution in [0.3, 0.4) is 0 Å². The van der Waals surface area contributed by atoms with E-state index in [4.69, 9.17) is 5.11 Å². The van der Waals surface area contributed by atoms with Crippen LogP contribution >= 0.6 is 11.3 Å². The molecule has 114 valence electrons. The van der Waals surface area contributed by atoms with Crippen molar-refractivity contribution in [3.8, 4) is 0 Å². The van der Waals surface area contributed by atoms with E-state index in [1.165, 1.54) is 36.1 Å². The zero-order valence-electron chi connectivity index (χ0n) is 12.1. The fourth-order valence-electron chi connectivity index (χ4n) is 2.99. The zero-order chi connectivity index (χ0) is 14.8. The van der Waals surface area contributed by atoms with Gasteiger partial charge in [-0.05, 0) is 50.2 Å². The second-order valence-corrected chi connectivity index (χ2v) is 7.17. The number of carbonyl (C=O) groups is 2. The van der Waals surface area contributed by atoms with Gasteiger partial charge in [0.2, 0.25) is 0 Å². The van der Waals surface area contributed by atoms with Gasteiger partial charge in [0.05, 0.1) is 4.88 Å². The maximum atomic E-state index is 12.6. The summed E-state index contributed by atoms with van der Waals surface area (Å²) in [6, 6.07) is 2.16. The third-order valence-electron chi connectivity index (χ3n) is 4.26. The topological polar surface area (TPSA) is 57.6 Å². The number of aryl methyl sites for hydroxylation is 2. The molecule has 0 unspecified atom stereocenters. The number of rotatable bonds is 4. The van der Waals surface area contributed by atoms with Crippen LogP contribution < -0.4 is 0 Å². The fourth-order valence-corrected chi connectivity index (χ4v) is 4.20. The summed E-state index contributed by atoms with van der Waals surface area (Å²) < 4.78 is 0. The monoisotopic (exact) mass is 307 g/mol. The molecule has 1 saturated carbocycles. The number of hydrogen-bond acceptors (Lipinski definition) is 3. The van der Waals surface area contributed by atoms with E-state index in [0.29, 0.717) is 0 Å². The second-order valence-electron chi connectivity index (χ2n) is 6.03. The summed E-state index contributed by atoms with van der Waals surface area (Å²) in [5.74, 6) is -1.01. The Kier molecular flexibility index (Phi) is 4.29. The zero-order valence-corrected chi connectivity index (χ0v) is 13.0. The Morgan fingerprint density at radius 3 is 2.57 bits per heavy atom. The maximum absolute atomic E-state index is 12.6. The average Bonchev–Trinajstić information content (AvgIpc) is 3.18. The van der Waals surface area contributed by atoms with Crippen molar-refractivity contribution in [3.63, 3.8) is 0 Å². The van der Waals surface area contributed by atoms with Gasteiger partial charge in [0, 0.05) is 10.9 Å². The van der Waals surface area contributed by atoms with Crippen LogP contribution in [0, 0.1) is 0 Å². The molecule has 2 aliphatic rings. The smallest absolute Gasteiger partial charge is 0.323 e. The Labute approximate surface area is 128 Å². The summed E-state index contributed by atoms with van der Waals surface area (Å²) in [4.78, 5) is 27.2. The molecule has 0 spiro atoms. The molecule has 0 atom stereocenters. The second kappa shape index (κ2) is 6.18. The largest absolute Gasteiger partial charge is 0.480 e. The van der Waals surface area contributed by atoms with E-state index in [1.54, 1.807) is 16.2 Å². The number of carboxylic acid groups (broad SMARTS) is 1. The average molecular weight is 307 g/mol. The van der Waals surface area contributed by atoms with E-state index in [1.807, 2.05) is 6.07 Å². The summed E-state index contributed by atoms with van der Waals surface area (Å²) in [6.07, 6.45) is 8.92.